The molecule has 3 atom stereocenters. The van der Waals surface area contributed by atoms with Gasteiger partial charge in [0, 0.05) is 56.0 Å². The Kier molecular flexibility index (Phi) is 13.0. The predicted molar refractivity (Wildman–Crippen MR) is 149 cm³/mol. The van der Waals surface area contributed by atoms with Gasteiger partial charge in [0.25, 0.3) is 11.8 Å². The second-order valence-electron chi connectivity index (χ2n) is 10.2. The molecule has 41 heavy (non-hydrogen) atoms. The molecule has 1 aliphatic heterocycles. The summed E-state index contributed by atoms with van der Waals surface area (Å²) in [5.74, 6) is -4.83. The highest BCUT2D eigenvalue weighted by molar-refractivity contribution is 6.12. The Balaban J connectivity index is 1.77. The van der Waals surface area contributed by atoms with Gasteiger partial charge in [-0.1, -0.05) is 25.5 Å². The molecule has 0 saturated carbocycles. The largest absolute Gasteiger partial charge is 0.392 e. The Morgan fingerprint density at radius 2 is 1.51 bits per heavy atom. The van der Waals surface area contributed by atoms with E-state index in [2.05, 4.69) is 10.6 Å². The Morgan fingerprint density at radius 1 is 0.878 bits per heavy atom. The maximum absolute atomic E-state index is 12.8. The van der Waals surface area contributed by atoms with E-state index < -0.39 is 41.4 Å². The lowest BCUT2D eigenvalue weighted by Gasteiger charge is -2.20. The summed E-state index contributed by atoms with van der Waals surface area (Å²) >= 11 is 0. The number of amides is 5. The molecule has 0 aliphatic carbocycles. The third kappa shape index (κ3) is 11.1. The van der Waals surface area contributed by atoms with Crippen LogP contribution in [0.5, 0.6) is 0 Å². The number of nitrogens with zero attached hydrogens (tertiary/aromatic N) is 1. The third-order valence-corrected chi connectivity index (χ3v) is 6.73. The number of carbonyl (C=O) groups is 7. The van der Waals surface area contributed by atoms with E-state index in [1.807, 2.05) is 0 Å². The minimum Gasteiger partial charge on any atom is -0.392 e. The Morgan fingerprint density at radius 3 is 2.10 bits per heavy atom. The Bertz CT molecular complexity index is 1160. The molecule has 1 heterocycles. The molecule has 1 aliphatic rings. The highest BCUT2D eigenvalue weighted by atomic mass is 16.3. The van der Waals surface area contributed by atoms with Crippen molar-refractivity contribution < 1.29 is 38.7 Å². The van der Waals surface area contributed by atoms with Crippen LogP contribution < -0.4 is 16.4 Å². The lowest BCUT2D eigenvalue weighted by molar-refractivity contribution is -0.137. The molecular formula is C29H38N4O8. The van der Waals surface area contributed by atoms with Crippen LogP contribution in [0.15, 0.2) is 36.4 Å². The number of nitrogens with one attached hydrogen (secondary N) is 2. The van der Waals surface area contributed by atoms with Gasteiger partial charge in [0.05, 0.1) is 18.6 Å². The van der Waals surface area contributed by atoms with Crippen LogP contribution in [-0.4, -0.2) is 63.7 Å². The number of nitrogens with two attached hydrogens (primary N) is 1. The second kappa shape index (κ2) is 16.2. The summed E-state index contributed by atoms with van der Waals surface area (Å²) in [4.78, 5) is 86.3. The van der Waals surface area contributed by atoms with Crippen LogP contribution in [0.1, 0.15) is 64.4 Å². The molecule has 0 unspecified atom stereocenters. The van der Waals surface area contributed by atoms with Crippen molar-refractivity contribution in [1.29, 1.82) is 0 Å². The van der Waals surface area contributed by atoms with Gasteiger partial charge in [-0.3, -0.25) is 38.5 Å². The van der Waals surface area contributed by atoms with E-state index in [4.69, 9.17) is 10.8 Å². The Labute approximate surface area is 238 Å². The summed E-state index contributed by atoms with van der Waals surface area (Å²) in [5.41, 5.74) is 6.35. The van der Waals surface area contributed by atoms with Gasteiger partial charge in [0.1, 0.15) is 5.78 Å². The summed E-state index contributed by atoms with van der Waals surface area (Å²) in [5, 5.41) is 14.3. The normalized spacial score (nSPS) is 14.9. The molecule has 5 N–H and O–H groups in total. The van der Waals surface area contributed by atoms with E-state index in [9.17, 15) is 33.6 Å². The number of rotatable bonds is 18. The van der Waals surface area contributed by atoms with Gasteiger partial charge < -0.3 is 21.5 Å². The highest BCUT2D eigenvalue weighted by Gasteiger charge is 2.28. The van der Waals surface area contributed by atoms with Gasteiger partial charge in [-0.25, -0.2) is 0 Å². The molecule has 12 nitrogen and oxygen atoms in total. The van der Waals surface area contributed by atoms with Crippen LogP contribution >= 0.6 is 0 Å². The van der Waals surface area contributed by atoms with Crippen molar-refractivity contribution in [3.05, 3.63) is 42.0 Å². The molecule has 0 bridgehead atoms. The first kappa shape index (κ1) is 33.0. The molecular weight excluding hydrogens is 532 g/mol. The molecule has 5 amide bonds. The average molecular weight is 571 g/mol. The summed E-state index contributed by atoms with van der Waals surface area (Å²) in [6.07, 6.45) is 3.77. The number of carbonyl (C=O) groups excluding carboxylic acids is 7. The van der Waals surface area contributed by atoms with Crippen molar-refractivity contribution in [3.63, 3.8) is 0 Å². The van der Waals surface area contributed by atoms with Crippen molar-refractivity contribution in [2.45, 2.75) is 71.4 Å². The smallest absolute Gasteiger partial charge is 0.253 e. The van der Waals surface area contributed by atoms with E-state index in [-0.39, 0.29) is 49.9 Å². The first-order valence-electron chi connectivity index (χ1n) is 13.6. The number of aliphatic hydroxyl groups is 1. The van der Waals surface area contributed by atoms with Crippen LogP contribution in [0.2, 0.25) is 0 Å². The zero-order valence-electron chi connectivity index (χ0n) is 23.4. The number of primary amides is 1. The monoisotopic (exact) mass is 570 g/mol. The molecule has 0 spiro atoms. The minimum atomic E-state index is -1.05. The summed E-state index contributed by atoms with van der Waals surface area (Å²) in [6, 6.07) is 5.43. The minimum absolute atomic E-state index is 0.0124. The molecule has 0 radical (unpaired) electrons. The zero-order chi connectivity index (χ0) is 30.5. The molecule has 12 heteroatoms. The maximum Gasteiger partial charge on any atom is 0.253 e. The van der Waals surface area contributed by atoms with E-state index in [0.717, 1.165) is 4.90 Å². The first-order valence-corrected chi connectivity index (χ1v) is 13.6. The first-order chi connectivity index (χ1) is 19.4. The van der Waals surface area contributed by atoms with Crippen LogP contribution in [0.25, 0.3) is 0 Å². The fourth-order valence-electron chi connectivity index (χ4n) is 4.25. The van der Waals surface area contributed by atoms with Gasteiger partial charge in [-0.05, 0) is 37.5 Å². The molecule has 1 aromatic carbocycles. The van der Waals surface area contributed by atoms with E-state index >= 15 is 0 Å². The quantitative estimate of drug-likeness (QED) is 0.149. The van der Waals surface area contributed by atoms with Crippen molar-refractivity contribution in [2.24, 2.45) is 17.6 Å². The number of aliphatic hydroxyl groups excluding tert-OH is 1. The highest BCUT2D eigenvalue weighted by Crippen LogP contribution is 2.17. The van der Waals surface area contributed by atoms with Crippen molar-refractivity contribution >= 4 is 46.8 Å². The molecule has 0 fully saturated rings. The third-order valence-electron chi connectivity index (χ3n) is 6.73. The van der Waals surface area contributed by atoms with E-state index in [0.29, 0.717) is 37.1 Å². The number of benzene rings is 1. The number of unbranched alkanes of at least 4 members (excludes halogenated alkanes) is 2. The topological polar surface area (TPSA) is 193 Å². The number of ketones is 2. The van der Waals surface area contributed by atoms with Crippen molar-refractivity contribution in [2.75, 3.05) is 11.9 Å². The molecule has 1 aromatic rings. The van der Waals surface area contributed by atoms with Crippen LogP contribution in [0.4, 0.5) is 5.69 Å². The predicted octanol–water partition coefficient (Wildman–Crippen LogP) is 1.15. The summed E-state index contributed by atoms with van der Waals surface area (Å²) in [7, 11) is 0. The molecule has 0 saturated heterocycles. The van der Waals surface area contributed by atoms with Gasteiger partial charge in [0.2, 0.25) is 17.7 Å². The lowest BCUT2D eigenvalue weighted by Crippen LogP contribution is -2.43. The fourth-order valence-corrected chi connectivity index (χ4v) is 4.25. The zero-order valence-corrected chi connectivity index (χ0v) is 23.4. The van der Waals surface area contributed by atoms with Gasteiger partial charge in [-0.2, -0.15) is 0 Å². The van der Waals surface area contributed by atoms with E-state index in [1.54, 1.807) is 31.2 Å². The molecule has 222 valence electrons. The lowest BCUT2D eigenvalue weighted by atomic mass is 9.94. The van der Waals surface area contributed by atoms with Crippen molar-refractivity contribution in [1.82, 2.24) is 10.2 Å². The SMILES string of the molecule is C[C@H](CC(=O)CCCCCN1C(=O)C=CC1=O)C(=O)N[C@@H](C)C(=O)C[C@@H](CC(N)=O)C(=O)Nc1ccc(CO)cc1. The number of hydrogen-bond donors (Lipinski definition) is 4. The molecule has 0 aromatic heterocycles. The molecule has 2 rings (SSSR count). The maximum atomic E-state index is 12.8. The number of imide groups is 1. The number of hydrogen-bond acceptors (Lipinski definition) is 8. The van der Waals surface area contributed by atoms with Gasteiger partial charge in [-0.15, -0.1) is 0 Å². The number of Topliss-reactive ketones (excluding diaryl/α,β-unsaturated/α-hetero) is 2. The number of anilines is 1. The fraction of sp³-hybridized carbons (Fsp3) is 0.483. The Hall–Kier alpha value is -4.19. The van der Waals surface area contributed by atoms with Crippen LogP contribution in [0, 0.1) is 11.8 Å². The average Bonchev–Trinajstić information content (AvgIpc) is 3.24. The van der Waals surface area contributed by atoms with Gasteiger partial charge >= 0.3 is 0 Å². The van der Waals surface area contributed by atoms with E-state index in [1.165, 1.54) is 19.1 Å². The summed E-state index contributed by atoms with van der Waals surface area (Å²) in [6.45, 7) is 3.18. The standard InChI is InChI=1S/C29H38N4O8/c1-18(14-23(35)6-4-3-5-13-33-26(38)11-12-27(33)39)28(40)31-19(2)24(36)15-21(16-25(30)37)29(41)32-22-9-7-20(17-34)8-10-22/h7-12,18-19,21,34H,3-6,13-17H2,1-2H3,(H2,30,37)(H,31,40)(H,32,41)/t18-,19+,21+/m1/s1. The second-order valence-corrected chi connectivity index (χ2v) is 10.2. The van der Waals surface area contributed by atoms with Gasteiger partial charge in [0.15, 0.2) is 5.78 Å². The van der Waals surface area contributed by atoms with Crippen molar-refractivity contribution in [3.8, 4) is 0 Å². The summed E-state index contributed by atoms with van der Waals surface area (Å²) < 4.78 is 0. The van der Waals surface area contributed by atoms with Crippen LogP contribution in [0.3, 0.4) is 0 Å². The van der Waals surface area contributed by atoms with Crippen LogP contribution in [-0.2, 0) is 40.2 Å².